The van der Waals surface area contributed by atoms with E-state index in [-0.39, 0.29) is 23.6 Å². The third-order valence-corrected chi connectivity index (χ3v) is 2.43. The highest BCUT2D eigenvalue weighted by Crippen LogP contribution is 2.15. The van der Waals surface area contributed by atoms with E-state index in [0.717, 1.165) is 6.07 Å². The lowest BCUT2D eigenvalue weighted by atomic mass is 10.2. The summed E-state index contributed by atoms with van der Waals surface area (Å²) in [5.41, 5.74) is 5.43. The smallest absolute Gasteiger partial charge is 0.305 e. The molecule has 0 spiro atoms. The van der Waals surface area contributed by atoms with Crippen molar-refractivity contribution in [2.75, 3.05) is 18.5 Å². The van der Waals surface area contributed by atoms with Gasteiger partial charge in [0.1, 0.15) is 5.82 Å². The predicted octanol–water partition coefficient (Wildman–Crippen LogP) is 1.68. The monoisotopic (exact) mass is 268 g/mol. The van der Waals surface area contributed by atoms with Crippen molar-refractivity contribution < 1.29 is 18.7 Å². The van der Waals surface area contributed by atoms with Crippen molar-refractivity contribution in [3.05, 3.63) is 29.6 Å². The summed E-state index contributed by atoms with van der Waals surface area (Å²) in [5, 5.41) is 2.84. The molecular weight excluding hydrogens is 251 g/mol. The fourth-order valence-electron chi connectivity index (χ4n) is 1.50. The minimum absolute atomic E-state index is 0.120. The molecule has 0 aliphatic heterocycles. The number of esters is 1. The molecule has 0 radical (unpaired) electrons. The number of carbonyl (C=O) groups is 2. The summed E-state index contributed by atoms with van der Waals surface area (Å²) in [6.45, 7) is 2.53. The molecule has 0 fully saturated rings. The van der Waals surface area contributed by atoms with Crippen molar-refractivity contribution in [2.45, 2.75) is 19.8 Å². The molecule has 0 bridgehead atoms. The number of nitrogens with two attached hydrogens (primary N) is 1. The molecule has 1 aromatic carbocycles. The van der Waals surface area contributed by atoms with Crippen LogP contribution >= 0.6 is 0 Å². The zero-order valence-electron chi connectivity index (χ0n) is 10.7. The molecule has 0 aliphatic rings. The third-order valence-electron chi connectivity index (χ3n) is 2.43. The third kappa shape index (κ3) is 4.95. The van der Waals surface area contributed by atoms with Gasteiger partial charge in [-0.25, -0.2) is 4.39 Å². The van der Waals surface area contributed by atoms with Gasteiger partial charge in [0.15, 0.2) is 0 Å². The van der Waals surface area contributed by atoms with Crippen LogP contribution in [0, 0.1) is 5.82 Å². The van der Waals surface area contributed by atoms with Crippen molar-refractivity contribution >= 4 is 17.6 Å². The SMILES string of the molecule is CCOC(=O)CCCNc1ccc(C(N)=O)cc1F. The number of halogens is 1. The first kappa shape index (κ1) is 14.9. The van der Waals surface area contributed by atoms with E-state index in [1.165, 1.54) is 12.1 Å². The van der Waals surface area contributed by atoms with Crippen LogP contribution in [0.1, 0.15) is 30.1 Å². The van der Waals surface area contributed by atoms with Crippen LogP contribution in [-0.4, -0.2) is 25.0 Å². The van der Waals surface area contributed by atoms with Crippen LogP contribution in [0.3, 0.4) is 0 Å². The first-order valence-corrected chi connectivity index (χ1v) is 6.03. The van der Waals surface area contributed by atoms with E-state index in [9.17, 15) is 14.0 Å². The second kappa shape index (κ2) is 7.35. The van der Waals surface area contributed by atoms with Crippen molar-refractivity contribution in [3.8, 4) is 0 Å². The van der Waals surface area contributed by atoms with Gasteiger partial charge in [-0.1, -0.05) is 0 Å². The fraction of sp³-hybridized carbons (Fsp3) is 0.385. The fourth-order valence-corrected chi connectivity index (χ4v) is 1.50. The van der Waals surface area contributed by atoms with Crippen LogP contribution in [0.4, 0.5) is 10.1 Å². The molecule has 0 saturated carbocycles. The van der Waals surface area contributed by atoms with Crippen LogP contribution in [0.5, 0.6) is 0 Å². The Morgan fingerprint density at radius 3 is 2.74 bits per heavy atom. The van der Waals surface area contributed by atoms with Crippen molar-refractivity contribution in [1.82, 2.24) is 0 Å². The largest absolute Gasteiger partial charge is 0.466 e. The average Bonchev–Trinajstić information content (AvgIpc) is 2.36. The van der Waals surface area contributed by atoms with Crippen LogP contribution in [0.2, 0.25) is 0 Å². The van der Waals surface area contributed by atoms with E-state index in [1.54, 1.807) is 6.92 Å². The molecule has 0 atom stereocenters. The second-order valence-corrected chi connectivity index (χ2v) is 3.89. The molecule has 0 aromatic heterocycles. The summed E-state index contributed by atoms with van der Waals surface area (Å²) < 4.78 is 18.3. The lowest BCUT2D eigenvalue weighted by Crippen LogP contribution is -2.12. The van der Waals surface area contributed by atoms with E-state index in [1.807, 2.05) is 0 Å². The Kier molecular flexibility index (Phi) is 5.78. The van der Waals surface area contributed by atoms with Gasteiger partial charge in [-0.2, -0.15) is 0 Å². The highest BCUT2D eigenvalue weighted by atomic mass is 19.1. The molecule has 0 saturated heterocycles. The summed E-state index contributed by atoms with van der Waals surface area (Å²) in [6.07, 6.45) is 0.817. The zero-order chi connectivity index (χ0) is 14.3. The van der Waals surface area contributed by atoms with Gasteiger partial charge in [0.05, 0.1) is 12.3 Å². The number of benzene rings is 1. The van der Waals surface area contributed by atoms with E-state index >= 15 is 0 Å². The Hall–Kier alpha value is -2.11. The number of carbonyl (C=O) groups excluding carboxylic acids is 2. The van der Waals surface area contributed by atoms with Crippen LogP contribution in [0.25, 0.3) is 0 Å². The molecule has 5 nitrogen and oxygen atoms in total. The number of primary amides is 1. The summed E-state index contributed by atoms with van der Waals surface area (Å²) in [5.74, 6) is -1.49. The minimum Gasteiger partial charge on any atom is -0.466 e. The van der Waals surface area contributed by atoms with Gasteiger partial charge in [-0.15, -0.1) is 0 Å². The predicted molar refractivity (Wildman–Crippen MR) is 69.3 cm³/mol. The number of hydrogen-bond acceptors (Lipinski definition) is 4. The molecule has 0 aliphatic carbocycles. The standard InChI is InChI=1S/C13H17FN2O3/c1-2-19-12(17)4-3-7-16-11-6-5-9(13(15)18)8-10(11)14/h5-6,8,16H,2-4,7H2,1H3,(H2,15,18). The molecule has 1 aromatic rings. The number of ether oxygens (including phenoxy) is 1. The highest BCUT2D eigenvalue weighted by Gasteiger charge is 2.07. The van der Waals surface area contributed by atoms with E-state index in [2.05, 4.69) is 5.32 Å². The van der Waals surface area contributed by atoms with Gasteiger partial charge in [0.25, 0.3) is 0 Å². The topological polar surface area (TPSA) is 81.4 Å². The summed E-state index contributed by atoms with van der Waals surface area (Å²) in [6, 6.07) is 3.97. The maximum Gasteiger partial charge on any atom is 0.305 e. The van der Waals surface area contributed by atoms with Gasteiger partial charge >= 0.3 is 5.97 Å². The minimum atomic E-state index is -0.673. The Morgan fingerprint density at radius 1 is 1.42 bits per heavy atom. The number of amides is 1. The second-order valence-electron chi connectivity index (χ2n) is 3.89. The van der Waals surface area contributed by atoms with Crippen molar-refractivity contribution in [3.63, 3.8) is 0 Å². The van der Waals surface area contributed by atoms with Gasteiger partial charge in [-0.3, -0.25) is 9.59 Å². The number of rotatable bonds is 7. The summed E-state index contributed by atoms with van der Waals surface area (Å²) >= 11 is 0. The molecule has 104 valence electrons. The lowest BCUT2D eigenvalue weighted by Gasteiger charge is -2.08. The highest BCUT2D eigenvalue weighted by molar-refractivity contribution is 5.93. The molecule has 1 rings (SSSR count). The maximum absolute atomic E-state index is 13.6. The number of hydrogen-bond donors (Lipinski definition) is 2. The maximum atomic E-state index is 13.6. The quantitative estimate of drug-likeness (QED) is 0.582. The van der Waals surface area contributed by atoms with Gasteiger partial charge in [-0.05, 0) is 31.5 Å². The molecule has 19 heavy (non-hydrogen) atoms. The molecule has 6 heteroatoms. The average molecular weight is 268 g/mol. The summed E-state index contributed by atoms with van der Waals surface area (Å²) in [4.78, 5) is 21.9. The number of anilines is 1. The van der Waals surface area contributed by atoms with Gasteiger partial charge < -0.3 is 15.8 Å². The molecule has 1 amide bonds. The van der Waals surface area contributed by atoms with E-state index in [0.29, 0.717) is 19.6 Å². The first-order valence-electron chi connectivity index (χ1n) is 6.03. The summed E-state index contributed by atoms with van der Waals surface area (Å²) in [7, 11) is 0. The molecule has 0 heterocycles. The Morgan fingerprint density at radius 2 is 2.16 bits per heavy atom. The van der Waals surface area contributed by atoms with Crippen molar-refractivity contribution in [2.24, 2.45) is 5.73 Å². The molecular formula is C13H17FN2O3. The van der Waals surface area contributed by atoms with E-state index in [4.69, 9.17) is 10.5 Å². The zero-order valence-corrected chi connectivity index (χ0v) is 10.7. The normalized spacial score (nSPS) is 10.0. The van der Waals surface area contributed by atoms with Crippen LogP contribution in [0.15, 0.2) is 18.2 Å². The Labute approximate surface area is 110 Å². The lowest BCUT2D eigenvalue weighted by molar-refractivity contribution is -0.143. The Bertz CT molecular complexity index is 463. The van der Waals surface area contributed by atoms with E-state index < -0.39 is 11.7 Å². The number of nitrogens with one attached hydrogen (secondary N) is 1. The van der Waals surface area contributed by atoms with Crippen LogP contribution in [-0.2, 0) is 9.53 Å². The molecule has 0 unspecified atom stereocenters. The van der Waals surface area contributed by atoms with Gasteiger partial charge in [0.2, 0.25) is 5.91 Å². The molecule has 3 N–H and O–H groups in total. The Balaban J connectivity index is 2.41. The van der Waals surface area contributed by atoms with Gasteiger partial charge in [0, 0.05) is 18.5 Å². The van der Waals surface area contributed by atoms with Crippen LogP contribution < -0.4 is 11.1 Å². The van der Waals surface area contributed by atoms with Crippen molar-refractivity contribution in [1.29, 1.82) is 0 Å². The first-order chi connectivity index (χ1) is 9.04.